The van der Waals surface area contributed by atoms with Crippen LogP contribution in [0, 0.1) is 5.41 Å². The highest BCUT2D eigenvalue weighted by Gasteiger charge is 2.55. The van der Waals surface area contributed by atoms with Gasteiger partial charge in [-0.05, 0) is 19.8 Å². The maximum Gasteiger partial charge on any atom is 0.327 e. The molecule has 0 aliphatic carbocycles. The van der Waals surface area contributed by atoms with E-state index in [1.54, 1.807) is 0 Å². The second-order valence-electron chi connectivity index (χ2n) is 4.96. The third-order valence-electron chi connectivity index (χ3n) is 2.86. The SMILES string of the molecule is C=CCC1(CCC(C)=O)C(=O)OC(C)(C)OC1=O. The lowest BCUT2D eigenvalue weighted by atomic mass is 9.78. The summed E-state index contributed by atoms with van der Waals surface area (Å²) in [7, 11) is 0. The Morgan fingerprint density at radius 1 is 1.28 bits per heavy atom. The highest BCUT2D eigenvalue weighted by molar-refractivity contribution is 6.02. The second-order valence-corrected chi connectivity index (χ2v) is 4.96. The first-order valence-corrected chi connectivity index (χ1v) is 5.81. The zero-order valence-electron chi connectivity index (χ0n) is 10.9. The summed E-state index contributed by atoms with van der Waals surface area (Å²) in [4.78, 5) is 35.2. The Morgan fingerprint density at radius 3 is 2.17 bits per heavy atom. The van der Waals surface area contributed by atoms with Crippen molar-refractivity contribution in [2.45, 2.75) is 45.8 Å². The van der Waals surface area contributed by atoms with E-state index in [0.29, 0.717) is 0 Å². The molecule has 100 valence electrons. The van der Waals surface area contributed by atoms with E-state index < -0.39 is 23.1 Å². The summed E-state index contributed by atoms with van der Waals surface area (Å²) < 4.78 is 10.2. The van der Waals surface area contributed by atoms with Crippen molar-refractivity contribution in [2.75, 3.05) is 0 Å². The van der Waals surface area contributed by atoms with Crippen LogP contribution in [0.3, 0.4) is 0 Å². The lowest BCUT2D eigenvalue weighted by Crippen LogP contribution is -2.53. The number of carbonyl (C=O) groups excluding carboxylic acids is 3. The van der Waals surface area contributed by atoms with Crippen molar-refractivity contribution in [1.82, 2.24) is 0 Å². The minimum atomic E-state index is -1.43. The second kappa shape index (κ2) is 4.92. The maximum atomic E-state index is 12.1. The first kappa shape index (κ1) is 14.4. The molecule has 1 fully saturated rings. The van der Waals surface area contributed by atoms with E-state index in [9.17, 15) is 14.4 Å². The molecule has 0 bridgehead atoms. The molecule has 0 atom stereocenters. The molecule has 0 radical (unpaired) electrons. The normalized spacial score (nSPS) is 20.8. The molecule has 18 heavy (non-hydrogen) atoms. The molecule has 0 amide bonds. The van der Waals surface area contributed by atoms with E-state index in [0.717, 1.165) is 0 Å². The van der Waals surface area contributed by atoms with Gasteiger partial charge in [0.05, 0.1) is 0 Å². The van der Waals surface area contributed by atoms with Gasteiger partial charge in [-0.25, -0.2) is 0 Å². The predicted molar refractivity (Wildman–Crippen MR) is 63.4 cm³/mol. The van der Waals surface area contributed by atoms with Gasteiger partial charge in [0.15, 0.2) is 5.41 Å². The van der Waals surface area contributed by atoms with Crippen molar-refractivity contribution < 1.29 is 23.9 Å². The molecule has 1 rings (SSSR count). The van der Waals surface area contributed by atoms with Gasteiger partial charge < -0.3 is 14.3 Å². The van der Waals surface area contributed by atoms with Crippen LogP contribution in [0.1, 0.15) is 40.0 Å². The van der Waals surface area contributed by atoms with Gasteiger partial charge in [0.2, 0.25) is 0 Å². The number of ether oxygens (including phenoxy) is 2. The number of allylic oxidation sites excluding steroid dienone is 1. The minimum Gasteiger partial charge on any atom is -0.422 e. The Bertz CT molecular complexity index is 374. The number of cyclic esters (lactones) is 2. The smallest absolute Gasteiger partial charge is 0.327 e. The number of Topliss-reactive ketones (excluding diaryl/α,β-unsaturated/α-hetero) is 1. The van der Waals surface area contributed by atoms with Crippen LogP contribution in [0.5, 0.6) is 0 Å². The summed E-state index contributed by atoms with van der Waals surface area (Å²) in [5.41, 5.74) is -1.43. The third kappa shape index (κ3) is 2.78. The van der Waals surface area contributed by atoms with Crippen molar-refractivity contribution in [1.29, 1.82) is 0 Å². The fourth-order valence-corrected chi connectivity index (χ4v) is 1.85. The number of rotatable bonds is 5. The van der Waals surface area contributed by atoms with E-state index in [2.05, 4.69) is 6.58 Å². The molecule has 0 aromatic carbocycles. The first-order chi connectivity index (χ1) is 8.23. The van der Waals surface area contributed by atoms with Gasteiger partial charge in [-0.3, -0.25) is 9.59 Å². The van der Waals surface area contributed by atoms with E-state index in [-0.39, 0.29) is 25.0 Å². The molecule has 0 unspecified atom stereocenters. The Hall–Kier alpha value is -1.65. The lowest BCUT2D eigenvalue weighted by Gasteiger charge is -2.39. The molecule has 1 aliphatic heterocycles. The largest absolute Gasteiger partial charge is 0.422 e. The van der Waals surface area contributed by atoms with Gasteiger partial charge in [-0.1, -0.05) is 6.08 Å². The molecule has 0 saturated carbocycles. The summed E-state index contributed by atoms with van der Waals surface area (Å²) in [6.45, 7) is 7.92. The molecule has 0 N–H and O–H groups in total. The van der Waals surface area contributed by atoms with Crippen LogP contribution >= 0.6 is 0 Å². The molecule has 1 heterocycles. The summed E-state index contributed by atoms with van der Waals surface area (Å²) in [5.74, 6) is -2.65. The van der Waals surface area contributed by atoms with Gasteiger partial charge in [0.1, 0.15) is 5.78 Å². The van der Waals surface area contributed by atoms with Gasteiger partial charge in [0, 0.05) is 20.3 Å². The number of esters is 2. The summed E-state index contributed by atoms with van der Waals surface area (Å²) in [6.07, 6.45) is 1.77. The van der Waals surface area contributed by atoms with Crippen LogP contribution < -0.4 is 0 Å². The fraction of sp³-hybridized carbons (Fsp3) is 0.615. The van der Waals surface area contributed by atoms with Gasteiger partial charge in [-0.15, -0.1) is 6.58 Å². The van der Waals surface area contributed by atoms with Crippen LogP contribution in [0.15, 0.2) is 12.7 Å². The minimum absolute atomic E-state index is 0.0854. The van der Waals surface area contributed by atoms with E-state index in [1.165, 1.54) is 26.8 Å². The Labute approximate surface area is 106 Å². The average Bonchev–Trinajstić information content (AvgIpc) is 2.20. The van der Waals surface area contributed by atoms with Crippen molar-refractivity contribution in [2.24, 2.45) is 5.41 Å². The molecule has 0 aromatic heterocycles. The van der Waals surface area contributed by atoms with Crippen molar-refractivity contribution >= 4 is 17.7 Å². The summed E-state index contributed by atoms with van der Waals surface area (Å²) in [6, 6.07) is 0. The molecule has 5 nitrogen and oxygen atoms in total. The molecule has 1 aliphatic rings. The molecular formula is C13H18O5. The zero-order valence-corrected chi connectivity index (χ0v) is 10.9. The van der Waals surface area contributed by atoms with Crippen molar-refractivity contribution in [3.05, 3.63) is 12.7 Å². The maximum absolute atomic E-state index is 12.1. The Kier molecular flexibility index (Phi) is 3.94. The quantitative estimate of drug-likeness (QED) is 0.424. The molecule has 0 aromatic rings. The van der Waals surface area contributed by atoms with Crippen LogP contribution in [-0.4, -0.2) is 23.5 Å². The summed E-state index contributed by atoms with van der Waals surface area (Å²) in [5, 5.41) is 0. The highest BCUT2D eigenvalue weighted by atomic mass is 16.7. The van der Waals surface area contributed by atoms with E-state index >= 15 is 0 Å². The van der Waals surface area contributed by atoms with Crippen LogP contribution in [0.25, 0.3) is 0 Å². The van der Waals surface area contributed by atoms with Crippen molar-refractivity contribution in [3.63, 3.8) is 0 Å². The fourth-order valence-electron chi connectivity index (χ4n) is 1.85. The Morgan fingerprint density at radius 2 is 1.78 bits per heavy atom. The third-order valence-corrected chi connectivity index (χ3v) is 2.86. The molecule has 0 spiro atoms. The predicted octanol–water partition coefficient (Wildman–Crippen LogP) is 1.75. The van der Waals surface area contributed by atoms with Gasteiger partial charge in [-0.2, -0.15) is 0 Å². The first-order valence-electron chi connectivity index (χ1n) is 5.81. The van der Waals surface area contributed by atoms with Crippen LogP contribution in [0.4, 0.5) is 0 Å². The lowest BCUT2D eigenvalue weighted by molar-refractivity contribution is -0.251. The number of hydrogen-bond acceptors (Lipinski definition) is 5. The standard InChI is InChI=1S/C13H18O5/c1-5-7-13(8-6-9(2)14)10(15)17-12(3,4)18-11(13)16/h5H,1,6-8H2,2-4H3. The molecule has 5 heteroatoms. The van der Waals surface area contributed by atoms with E-state index in [4.69, 9.17) is 9.47 Å². The molecule has 1 saturated heterocycles. The van der Waals surface area contributed by atoms with Crippen molar-refractivity contribution in [3.8, 4) is 0 Å². The Balaban J connectivity index is 3.02. The highest BCUT2D eigenvalue weighted by Crippen LogP contribution is 2.39. The number of ketones is 1. The zero-order chi connectivity index (χ0) is 14.0. The van der Waals surface area contributed by atoms with Crippen LogP contribution in [0.2, 0.25) is 0 Å². The number of carbonyl (C=O) groups is 3. The van der Waals surface area contributed by atoms with Gasteiger partial charge in [0.25, 0.3) is 5.79 Å². The monoisotopic (exact) mass is 254 g/mol. The van der Waals surface area contributed by atoms with Crippen LogP contribution in [-0.2, 0) is 23.9 Å². The summed E-state index contributed by atoms with van der Waals surface area (Å²) >= 11 is 0. The topological polar surface area (TPSA) is 69.7 Å². The molecular weight excluding hydrogens is 236 g/mol. The average molecular weight is 254 g/mol. The van der Waals surface area contributed by atoms with E-state index in [1.807, 2.05) is 0 Å². The van der Waals surface area contributed by atoms with Gasteiger partial charge >= 0.3 is 11.9 Å². The number of hydrogen-bond donors (Lipinski definition) is 0.